The zero-order valence-corrected chi connectivity index (χ0v) is 25.7. The van der Waals surface area contributed by atoms with Gasteiger partial charge in [0.25, 0.3) is 0 Å². The smallest absolute Gasteiger partial charge is 0.340 e. The molecule has 3 aliphatic carbocycles. The molecule has 11 heteroatoms. The molecule has 0 spiro atoms. The average Bonchev–Trinajstić information content (AvgIpc) is 3.71. The SMILES string of the molecule is CC(=O)O[C@@H]1[C@@H]2[C@H](C(OC(=O)c3cccnc3)[C@H](OC(C)=O)/C(C)=C/[C@@]34O[C@@]3(C[C@H](C)[C@@H]4OC(C)=O)C(=O)[C@H]1C)C2(C)C. The normalized spacial score (nSPS) is 40.2. The number of hydrogen-bond donors (Lipinski definition) is 0. The summed E-state index contributed by atoms with van der Waals surface area (Å²) in [5.41, 5.74) is -2.59. The largest absolute Gasteiger partial charge is 0.461 e. The Morgan fingerprint density at radius 1 is 0.930 bits per heavy atom. The van der Waals surface area contributed by atoms with Gasteiger partial charge in [-0.25, -0.2) is 4.79 Å². The second-order valence-electron chi connectivity index (χ2n) is 13.1. The number of aromatic nitrogens is 1. The van der Waals surface area contributed by atoms with E-state index in [1.165, 1.54) is 33.2 Å². The summed E-state index contributed by atoms with van der Waals surface area (Å²) in [6.45, 7) is 13.0. The number of epoxide rings is 1. The monoisotopic (exact) mass is 597 g/mol. The molecule has 1 saturated heterocycles. The number of nitrogens with zero attached hydrogens (tertiary/aromatic N) is 1. The van der Waals surface area contributed by atoms with Crippen molar-refractivity contribution in [3.05, 3.63) is 41.7 Å². The van der Waals surface area contributed by atoms with Crippen molar-refractivity contribution in [3.8, 4) is 0 Å². The van der Waals surface area contributed by atoms with Crippen molar-refractivity contribution in [2.24, 2.45) is 29.1 Å². The molecule has 4 aliphatic rings. The Balaban J connectivity index is 1.69. The van der Waals surface area contributed by atoms with Crippen LogP contribution in [-0.4, -0.2) is 70.3 Å². The van der Waals surface area contributed by atoms with E-state index in [1.54, 1.807) is 32.1 Å². The van der Waals surface area contributed by atoms with E-state index in [4.69, 9.17) is 23.7 Å². The lowest BCUT2D eigenvalue weighted by Gasteiger charge is -2.30. The predicted octanol–water partition coefficient (Wildman–Crippen LogP) is 3.39. The summed E-state index contributed by atoms with van der Waals surface area (Å²) in [5.74, 6) is -4.58. The highest BCUT2D eigenvalue weighted by molar-refractivity contribution is 5.96. The van der Waals surface area contributed by atoms with Crippen molar-refractivity contribution in [2.45, 2.75) is 97.4 Å². The molecule has 1 aromatic rings. The van der Waals surface area contributed by atoms with Crippen molar-refractivity contribution in [1.82, 2.24) is 4.98 Å². The topological polar surface area (TPSA) is 148 Å². The zero-order chi connectivity index (χ0) is 31.6. The molecule has 3 fully saturated rings. The van der Waals surface area contributed by atoms with Gasteiger partial charge in [-0.1, -0.05) is 27.7 Å². The van der Waals surface area contributed by atoms with Crippen LogP contribution in [0.25, 0.3) is 0 Å². The summed E-state index contributed by atoms with van der Waals surface area (Å²) in [6.07, 6.45) is 1.09. The van der Waals surface area contributed by atoms with Crippen molar-refractivity contribution < 1.29 is 47.7 Å². The van der Waals surface area contributed by atoms with Gasteiger partial charge in [0.1, 0.15) is 18.3 Å². The molecule has 1 aliphatic heterocycles. The van der Waals surface area contributed by atoms with Crippen LogP contribution < -0.4 is 0 Å². The number of Topliss-reactive ketones (excluding diaryl/α,β-unsaturated/α-hetero) is 1. The molecule has 1 unspecified atom stereocenters. The first-order chi connectivity index (χ1) is 20.1. The lowest BCUT2D eigenvalue weighted by molar-refractivity contribution is -0.154. The van der Waals surface area contributed by atoms with Crippen molar-refractivity contribution in [3.63, 3.8) is 0 Å². The van der Waals surface area contributed by atoms with Gasteiger partial charge < -0.3 is 23.7 Å². The number of pyridine rings is 1. The lowest BCUT2D eigenvalue weighted by Crippen LogP contribution is -2.43. The Morgan fingerprint density at radius 2 is 1.56 bits per heavy atom. The van der Waals surface area contributed by atoms with Gasteiger partial charge in [0, 0.05) is 45.0 Å². The molecule has 0 radical (unpaired) electrons. The number of esters is 4. The van der Waals surface area contributed by atoms with E-state index in [2.05, 4.69) is 4.98 Å². The van der Waals surface area contributed by atoms with Gasteiger partial charge in [-0.3, -0.25) is 24.2 Å². The van der Waals surface area contributed by atoms with Gasteiger partial charge >= 0.3 is 23.9 Å². The minimum absolute atomic E-state index is 0.206. The van der Waals surface area contributed by atoms with E-state index in [-0.39, 0.29) is 23.7 Å². The number of hydrogen-bond acceptors (Lipinski definition) is 11. The van der Waals surface area contributed by atoms with Crippen LogP contribution in [0.1, 0.15) is 72.2 Å². The molecule has 1 aromatic heterocycles. The Morgan fingerprint density at radius 3 is 2.14 bits per heavy atom. The molecule has 10 atom stereocenters. The van der Waals surface area contributed by atoms with Crippen LogP contribution in [0.4, 0.5) is 0 Å². The summed E-state index contributed by atoms with van der Waals surface area (Å²) >= 11 is 0. The molecule has 5 rings (SSSR count). The van der Waals surface area contributed by atoms with Gasteiger partial charge in [-0.05, 0) is 48.5 Å². The highest BCUT2D eigenvalue weighted by Crippen LogP contribution is 2.69. The van der Waals surface area contributed by atoms with Gasteiger partial charge in [0.15, 0.2) is 23.1 Å². The number of fused-ring (bicyclic) bond motifs is 1. The number of carbonyl (C=O) groups excluding carboxylic acids is 5. The molecule has 232 valence electrons. The van der Waals surface area contributed by atoms with Crippen LogP contribution in [0.5, 0.6) is 0 Å². The van der Waals surface area contributed by atoms with E-state index in [9.17, 15) is 24.0 Å². The van der Waals surface area contributed by atoms with E-state index in [1.807, 2.05) is 20.8 Å². The first-order valence-corrected chi connectivity index (χ1v) is 14.6. The van der Waals surface area contributed by atoms with Crippen LogP contribution in [0, 0.1) is 29.1 Å². The molecule has 2 saturated carbocycles. The number of rotatable bonds is 5. The minimum Gasteiger partial charge on any atom is -0.461 e. The van der Waals surface area contributed by atoms with Crippen LogP contribution in [0.15, 0.2) is 36.2 Å². The van der Waals surface area contributed by atoms with E-state index in [0.717, 1.165) is 0 Å². The van der Waals surface area contributed by atoms with E-state index >= 15 is 0 Å². The standard InChI is InChI=1S/C32H39NO10/c1-15-12-32-28(41-20(6)36)16(2)13-31(32,43-32)27(37)17(3)25(40-19(5)35)22-23(30(22,7)8)26(24(15)39-18(4)34)42-29(38)21-10-9-11-33-14-21/h9-12,14,16-17,22-26,28H,13H2,1-8H3/b15-12+/t16-,17-,22-,23+,24+,25-,26?,28-,31-,32-/m0/s1. The van der Waals surface area contributed by atoms with Crippen molar-refractivity contribution >= 4 is 29.7 Å². The fourth-order valence-corrected chi connectivity index (χ4v) is 7.87. The van der Waals surface area contributed by atoms with Gasteiger partial charge in [-0.15, -0.1) is 0 Å². The Kier molecular flexibility index (Phi) is 7.56. The fourth-order valence-electron chi connectivity index (χ4n) is 7.87. The molecule has 0 aromatic carbocycles. The molecule has 0 bridgehead atoms. The van der Waals surface area contributed by atoms with Crippen LogP contribution in [-0.2, 0) is 42.9 Å². The summed E-state index contributed by atoms with van der Waals surface area (Å²) in [6, 6.07) is 3.17. The fraction of sp³-hybridized carbons (Fsp3) is 0.625. The third-order valence-corrected chi connectivity index (χ3v) is 9.71. The first kappa shape index (κ1) is 30.8. The van der Waals surface area contributed by atoms with Crippen LogP contribution in [0.2, 0.25) is 0 Å². The van der Waals surface area contributed by atoms with Crippen LogP contribution >= 0.6 is 0 Å². The maximum absolute atomic E-state index is 14.4. The lowest BCUT2D eigenvalue weighted by atomic mass is 9.80. The molecule has 43 heavy (non-hydrogen) atoms. The summed E-state index contributed by atoms with van der Waals surface area (Å²) in [4.78, 5) is 69.0. The van der Waals surface area contributed by atoms with E-state index in [0.29, 0.717) is 5.57 Å². The molecule has 11 nitrogen and oxygen atoms in total. The predicted molar refractivity (Wildman–Crippen MR) is 149 cm³/mol. The van der Waals surface area contributed by atoms with Gasteiger partial charge in [0.05, 0.1) is 11.5 Å². The van der Waals surface area contributed by atoms with Crippen LogP contribution in [0.3, 0.4) is 0 Å². The van der Waals surface area contributed by atoms with Gasteiger partial charge in [0.2, 0.25) is 0 Å². The second kappa shape index (κ2) is 10.5. The second-order valence-corrected chi connectivity index (χ2v) is 13.1. The average molecular weight is 598 g/mol. The number of ketones is 1. The summed E-state index contributed by atoms with van der Waals surface area (Å²) in [7, 11) is 0. The van der Waals surface area contributed by atoms with Gasteiger partial charge in [-0.2, -0.15) is 0 Å². The molecule has 2 heterocycles. The van der Waals surface area contributed by atoms with Crippen molar-refractivity contribution in [1.29, 1.82) is 0 Å². The number of carbonyl (C=O) groups is 5. The third-order valence-electron chi connectivity index (χ3n) is 9.71. The molecular weight excluding hydrogens is 558 g/mol. The Hall–Kier alpha value is -3.60. The quantitative estimate of drug-likeness (QED) is 0.213. The minimum atomic E-state index is -1.34. The zero-order valence-electron chi connectivity index (χ0n) is 25.7. The maximum Gasteiger partial charge on any atom is 0.340 e. The summed E-state index contributed by atoms with van der Waals surface area (Å²) in [5, 5.41) is 0. The van der Waals surface area contributed by atoms with Crippen molar-refractivity contribution in [2.75, 3.05) is 0 Å². The first-order valence-electron chi connectivity index (χ1n) is 14.6. The number of ether oxygens (including phenoxy) is 5. The molecule has 0 N–H and O–H groups in total. The third kappa shape index (κ3) is 4.95. The molecule has 0 amide bonds. The highest BCUT2D eigenvalue weighted by atomic mass is 16.7. The Bertz CT molecular complexity index is 1390. The highest BCUT2D eigenvalue weighted by Gasteiger charge is 2.84. The maximum atomic E-state index is 14.4. The summed E-state index contributed by atoms with van der Waals surface area (Å²) < 4.78 is 30.0. The Labute approximate surface area is 250 Å². The van der Waals surface area contributed by atoms with E-state index < -0.39 is 82.7 Å². The molecular formula is C32H39NO10.